The standard InChI is InChI=1S/C21H19BrN4O2S/c22-16-4-2-15(3-5-16)18-7-6-17(28-18)14-19-20(27)24-21(29-19)26-12-10-25(11-13-26)9-1-8-23/h2-7,14H,1,9-13H2. The molecular weight excluding hydrogens is 452 g/mol. The zero-order valence-corrected chi connectivity index (χ0v) is 18.1. The number of aliphatic imine (C=N–C) groups is 1. The third-order valence-corrected chi connectivity index (χ3v) is 6.39. The highest BCUT2D eigenvalue weighted by Gasteiger charge is 2.28. The van der Waals surface area contributed by atoms with Crippen LogP contribution in [0.25, 0.3) is 17.4 Å². The van der Waals surface area contributed by atoms with E-state index in [4.69, 9.17) is 9.68 Å². The molecule has 29 heavy (non-hydrogen) atoms. The molecule has 4 rings (SSSR count). The van der Waals surface area contributed by atoms with E-state index in [1.54, 1.807) is 6.08 Å². The van der Waals surface area contributed by atoms with E-state index in [-0.39, 0.29) is 5.91 Å². The van der Waals surface area contributed by atoms with Gasteiger partial charge in [0.1, 0.15) is 11.5 Å². The van der Waals surface area contributed by atoms with Crippen molar-refractivity contribution in [3.8, 4) is 17.4 Å². The third-order valence-electron chi connectivity index (χ3n) is 4.82. The molecule has 148 valence electrons. The minimum absolute atomic E-state index is 0.224. The molecule has 1 aromatic heterocycles. The van der Waals surface area contributed by atoms with Gasteiger partial charge in [0.15, 0.2) is 5.17 Å². The second-order valence-corrected chi connectivity index (χ2v) is 8.68. The summed E-state index contributed by atoms with van der Waals surface area (Å²) in [6, 6.07) is 13.8. The first-order valence-electron chi connectivity index (χ1n) is 9.35. The fourth-order valence-electron chi connectivity index (χ4n) is 3.23. The maximum atomic E-state index is 12.4. The summed E-state index contributed by atoms with van der Waals surface area (Å²) in [6.45, 7) is 4.18. The lowest BCUT2D eigenvalue weighted by Crippen LogP contribution is -2.47. The Morgan fingerprint density at radius 3 is 2.66 bits per heavy atom. The molecule has 0 bridgehead atoms. The van der Waals surface area contributed by atoms with Crippen molar-refractivity contribution in [3.05, 3.63) is 51.5 Å². The zero-order valence-electron chi connectivity index (χ0n) is 15.7. The maximum absolute atomic E-state index is 12.4. The van der Waals surface area contributed by atoms with Crippen LogP contribution < -0.4 is 0 Å². The molecule has 1 amide bonds. The van der Waals surface area contributed by atoms with Gasteiger partial charge in [-0.2, -0.15) is 10.3 Å². The van der Waals surface area contributed by atoms with Crippen LogP contribution in [0, 0.1) is 11.3 Å². The number of hydrogen-bond acceptors (Lipinski definition) is 6. The molecule has 6 nitrogen and oxygen atoms in total. The SMILES string of the molecule is N#CCCN1CCN(C2=NC(=O)C(=Cc3ccc(-c4ccc(Br)cc4)o3)S2)CC1. The number of amides is 1. The molecule has 2 aliphatic rings. The van der Waals surface area contributed by atoms with Crippen LogP contribution in [0.2, 0.25) is 0 Å². The van der Waals surface area contributed by atoms with E-state index in [1.807, 2.05) is 36.4 Å². The van der Waals surface area contributed by atoms with Crippen molar-refractivity contribution in [2.45, 2.75) is 6.42 Å². The lowest BCUT2D eigenvalue weighted by Gasteiger charge is -2.34. The van der Waals surface area contributed by atoms with Crippen LogP contribution in [-0.2, 0) is 4.79 Å². The molecule has 0 atom stereocenters. The highest BCUT2D eigenvalue weighted by Crippen LogP contribution is 2.32. The topological polar surface area (TPSA) is 72.8 Å². The zero-order chi connectivity index (χ0) is 20.2. The molecule has 1 saturated heterocycles. The van der Waals surface area contributed by atoms with Crippen molar-refractivity contribution in [1.29, 1.82) is 5.26 Å². The molecular formula is C21H19BrN4O2S. The molecule has 1 fully saturated rings. The molecule has 3 heterocycles. The number of nitriles is 1. The number of amidine groups is 1. The maximum Gasteiger partial charge on any atom is 0.286 e. The van der Waals surface area contributed by atoms with Gasteiger partial charge in [-0.25, -0.2) is 0 Å². The van der Waals surface area contributed by atoms with E-state index >= 15 is 0 Å². The minimum atomic E-state index is -0.224. The molecule has 0 radical (unpaired) electrons. The normalized spacial score (nSPS) is 18.9. The van der Waals surface area contributed by atoms with Crippen LogP contribution in [0.15, 0.2) is 55.2 Å². The molecule has 0 N–H and O–H groups in total. The van der Waals surface area contributed by atoms with Gasteiger partial charge in [0, 0.05) is 55.3 Å². The van der Waals surface area contributed by atoms with Crippen LogP contribution in [0.5, 0.6) is 0 Å². The highest BCUT2D eigenvalue weighted by molar-refractivity contribution is 9.10. The molecule has 8 heteroatoms. The minimum Gasteiger partial charge on any atom is -0.457 e. The van der Waals surface area contributed by atoms with E-state index in [2.05, 4.69) is 36.8 Å². The van der Waals surface area contributed by atoms with E-state index in [0.717, 1.165) is 53.7 Å². The van der Waals surface area contributed by atoms with Crippen molar-refractivity contribution in [2.24, 2.45) is 4.99 Å². The predicted molar refractivity (Wildman–Crippen MR) is 118 cm³/mol. The number of rotatable bonds is 4. The summed E-state index contributed by atoms with van der Waals surface area (Å²) in [4.78, 5) is 21.6. The van der Waals surface area contributed by atoms with Gasteiger partial charge >= 0.3 is 0 Å². The number of carbonyl (C=O) groups is 1. The third kappa shape index (κ3) is 4.81. The van der Waals surface area contributed by atoms with Crippen LogP contribution in [0.1, 0.15) is 12.2 Å². The highest BCUT2D eigenvalue weighted by atomic mass is 79.9. The first-order chi connectivity index (χ1) is 14.1. The van der Waals surface area contributed by atoms with Gasteiger partial charge < -0.3 is 9.32 Å². The molecule has 0 saturated carbocycles. The monoisotopic (exact) mass is 470 g/mol. The lowest BCUT2D eigenvalue weighted by atomic mass is 10.2. The Balaban J connectivity index is 1.39. The molecule has 1 aromatic carbocycles. The summed E-state index contributed by atoms with van der Waals surface area (Å²) in [5.74, 6) is 1.17. The van der Waals surface area contributed by atoms with Gasteiger partial charge in [-0.15, -0.1) is 0 Å². The fourth-order valence-corrected chi connectivity index (χ4v) is 4.44. The Kier molecular flexibility index (Phi) is 6.19. The number of piperazine rings is 1. The van der Waals surface area contributed by atoms with Gasteiger partial charge in [-0.1, -0.05) is 28.1 Å². The largest absolute Gasteiger partial charge is 0.457 e. The van der Waals surface area contributed by atoms with Crippen LogP contribution in [-0.4, -0.2) is 53.6 Å². The molecule has 0 spiro atoms. The van der Waals surface area contributed by atoms with E-state index in [1.165, 1.54) is 11.8 Å². The number of halogens is 1. The van der Waals surface area contributed by atoms with Gasteiger partial charge in [-0.05, 0) is 36.0 Å². The average Bonchev–Trinajstić information content (AvgIpc) is 3.35. The van der Waals surface area contributed by atoms with Crippen molar-refractivity contribution < 1.29 is 9.21 Å². The van der Waals surface area contributed by atoms with Crippen LogP contribution in [0.3, 0.4) is 0 Å². The van der Waals surface area contributed by atoms with Crippen molar-refractivity contribution in [2.75, 3.05) is 32.7 Å². The Morgan fingerprint density at radius 2 is 1.93 bits per heavy atom. The molecule has 0 aliphatic carbocycles. The van der Waals surface area contributed by atoms with Crippen LogP contribution >= 0.6 is 27.7 Å². The second-order valence-electron chi connectivity index (χ2n) is 6.76. The summed E-state index contributed by atoms with van der Waals surface area (Å²) in [6.07, 6.45) is 2.31. The van der Waals surface area contributed by atoms with Gasteiger partial charge in [0.25, 0.3) is 5.91 Å². The van der Waals surface area contributed by atoms with E-state index in [9.17, 15) is 4.79 Å². The van der Waals surface area contributed by atoms with E-state index in [0.29, 0.717) is 17.1 Å². The summed E-state index contributed by atoms with van der Waals surface area (Å²) >= 11 is 4.82. The van der Waals surface area contributed by atoms with Gasteiger partial charge in [-0.3, -0.25) is 9.69 Å². The van der Waals surface area contributed by atoms with E-state index < -0.39 is 0 Å². The number of benzene rings is 1. The smallest absolute Gasteiger partial charge is 0.286 e. The second kappa shape index (κ2) is 8.99. The molecule has 0 unspecified atom stereocenters. The average molecular weight is 471 g/mol. The number of furan rings is 1. The first kappa shape index (κ1) is 20.0. The first-order valence-corrected chi connectivity index (χ1v) is 11.0. The molecule has 2 aliphatic heterocycles. The summed E-state index contributed by atoms with van der Waals surface area (Å²) in [5.41, 5.74) is 0.981. The number of nitrogens with zero attached hydrogens (tertiary/aromatic N) is 4. The van der Waals surface area contributed by atoms with Crippen molar-refractivity contribution in [3.63, 3.8) is 0 Å². The summed E-state index contributed by atoms with van der Waals surface area (Å²) < 4.78 is 6.91. The van der Waals surface area contributed by atoms with Gasteiger partial charge in [0.05, 0.1) is 11.0 Å². The Labute approximate surface area is 182 Å². The van der Waals surface area contributed by atoms with Crippen LogP contribution in [0.4, 0.5) is 0 Å². The summed E-state index contributed by atoms with van der Waals surface area (Å²) in [5, 5.41) is 9.47. The number of thioether (sulfide) groups is 1. The quantitative estimate of drug-likeness (QED) is 0.623. The van der Waals surface area contributed by atoms with Crippen molar-refractivity contribution in [1.82, 2.24) is 9.80 Å². The summed E-state index contributed by atoms with van der Waals surface area (Å²) in [7, 11) is 0. The Morgan fingerprint density at radius 1 is 1.17 bits per heavy atom. The predicted octanol–water partition coefficient (Wildman–Crippen LogP) is 4.21. The Hall–Kier alpha value is -2.34. The lowest BCUT2D eigenvalue weighted by molar-refractivity contribution is -0.113. The number of carbonyl (C=O) groups excluding carboxylic acids is 1. The van der Waals surface area contributed by atoms with Gasteiger partial charge in [0.2, 0.25) is 0 Å². The molecule has 2 aromatic rings. The van der Waals surface area contributed by atoms with Crippen molar-refractivity contribution >= 4 is 44.8 Å². The number of hydrogen-bond donors (Lipinski definition) is 0. The fraction of sp³-hybridized carbons (Fsp3) is 0.286. The Bertz CT molecular complexity index is 998.